The average Bonchev–Trinajstić information content (AvgIpc) is 2.40. The van der Waals surface area contributed by atoms with Gasteiger partial charge in [-0.25, -0.2) is 8.42 Å². The minimum atomic E-state index is -3.64. The van der Waals surface area contributed by atoms with Gasteiger partial charge >= 0.3 is 0 Å². The molecule has 4 nitrogen and oxygen atoms in total. The van der Waals surface area contributed by atoms with E-state index in [9.17, 15) is 13.5 Å². The standard InChI is InChI=1S/C17H21NO3S/c1-12-5-8-14(9-6-12)22(20,21)18-13-7-10-16(19)15(11-13)17(2,3)4/h5-11,18-19H,1-4H3. The molecular weight excluding hydrogens is 298 g/mol. The fraction of sp³-hybridized carbons (Fsp3) is 0.294. The van der Waals surface area contributed by atoms with E-state index in [0.717, 1.165) is 5.56 Å². The van der Waals surface area contributed by atoms with Gasteiger partial charge in [0, 0.05) is 11.3 Å². The Morgan fingerprint density at radius 3 is 2.14 bits per heavy atom. The number of aryl methyl sites for hydroxylation is 1. The van der Waals surface area contributed by atoms with Gasteiger partial charge in [0.25, 0.3) is 10.0 Å². The molecule has 0 aliphatic rings. The lowest BCUT2D eigenvalue weighted by molar-refractivity contribution is 0.447. The maximum atomic E-state index is 12.4. The molecule has 2 rings (SSSR count). The number of nitrogens with one attached hydrogen (secondary N) is 1. The number of benzene rings is 2. The Kier molecular flexibility index (Phi) is 4.20. The Bertz CT molecular complexity index is 773. The van der Waals surface area contributed by atoms with Gasteiger partial charge in [-0.1, -0.05) is 38.5 Å². The van der Waals surface area contributed by atoms with Crippen molar-refractivity contribution in [3.05, 3.63) is 53.6 Å². The molecule has 2 N–H and O–H groups in total. The van der Waals surface area contributed by atoms with Crippen molar-refractivity contribution >= 4 is 15.7 Å². The predicted octanol–water partition coefficient (Wildman–Crippen LogP) is 3.80. The third kappa shape index (κ3) is 3.60. The molecular formula is C17H21NO3S. The Morgan fingerprint density at radius 1 is 1.00 bits per heavy atom. The molecule has 2 aromatic carbocycles. The van der Waals surface area contributed by atoms with Crippen molar-refractivity contribution in [1.82, 2.24) is 0 Å². The number of sulfonamides is 1. The quantitative estimate of drug-likeness (QED) is 0.846. The molecule has 0 saturated heterocycles. The summed E-state index contributed by atoms with van der Waals surface area (Å²) in [6.07, 6.45) is 0. The maximum Gasteiger partial charge on any atom is 0.261 e. The van der Waals surface area contributed by atoms with E-state index >= 15 is 0 Å². The summed E-state index contributed by atoms with van der Waals surface area (Å²) < 4.78 is 27.3. The zero-order valence-corrected chi connectivity index (χ0v) is 14.0. The van der Waals surface area contributed by atoms with Crippen molar-refractivity contribution in [2.45, 2.75) is 38.0 Å². The van der Waals surface area contributed by atoms with E-state index in [1.807, 2.05) is 27.7 Å². The van der Waals surface area contributed by atoms with Crippen molar-refractivity contribution < 1.29 is 13.5 Å². The van der Waals surface area contributed by atoms with Gasteiger partial charge in [-0.2, -0.15) is 0 Å². The Morgan fingerprint density at radius 2 is 1.59 bits per heavy atom. The highest BCUT2D eigenvalue weighted by molar-refractivity contribution is 7.92. The van der Waals surface area contributed by atoms with Gasteiger partial charge in [0.1, 0.15) is 5.75 Å². The van der Waals surface area contributed by atoms with E-state index in [1.54, 1.807) is 36.4 Å². The highest BCUT2D eigenvalue weighted by Crippen LogP contribution is 2.33. The first-order valence-electron chi connectivity index (χ1n) is 7.02. The normalized spacial score (nSPS) is 12.2. The second-order valence-electron chi connectivity index (χ2n) is 6.40. The van der Waals surface area contributed by atoms with Crippen LogP contribution in [0.25, 0.3) is 0 Å². The van der Waals surface area contributed by atoms with Gasteiger partial charge in [-0.15, -0.1) is 0 Å². The van der Waals surface area contributed by atoms with Gasteiger partial charge in [0.2, 0.25) is 0 Å². The van der Waals surface area contributed by atoms with Crippen LogP contribution in [0.3, 0.4) is 0 Å². The van der Waals surface area contributed by atoms with Crippen LogP contribution in [0.2, 0.25) is 0 Å². The SMILES string of the molecule is Cc1ccc(S(=O)(=O)Nc2ccc(O)c(C(C)(C)C)c2)cc1. The van der Waals surface area contributed by atoms with Gasteiger partial charge in [-0.3, -0.25) is 4.72 Å². The van der Waals surface area contributed by atoms with Crippen LogP contribution in [0.4, 0.5) is 5.69 Å². The molecule has 2 aromatic rings. The predicted molar refractivity (Wildman–Crippen MR) is 88.8 cm³/mol. The number of phenols is 1. The molecule has 0 saturated carbocycles. The summed E-state index contributed by atoms with van der Waals surface area (Å²) in [5, 5.41) is 9.94. The summed E-state index contributed by atoms with van der Waals surface area (Å²) >= 11 is 0. The number of hydrogen-bond acceptors (Lipinski definition) is 3. The van der Waals surface area contributed by atoms with Crippen LogP contribution < -0.4 is 4.72 Å². The smallest absolute Gasteiger partial charge is 0.261 e. The molecule has 0 radical (unpaired) electrons. The lowest BCUT2D eigenvalue weighted by Crippen LogP contribution is -2.15. The number of aromatic hydroxyl groups is 1. The molecule has 0 aliphatic heterocycles. The molecule has 0 unspecified atom stereocenters. The van der Waals surface area contributed by atoms with E-state index in [1.165, 1.54) is 6.07 Å². The number of phenolic OH excluding ortho intramolecular Hbond substituents is 1. The summed E-state index contributed by atoms with van der Waals surface area (Å²) in [5.74, 6) is 0.158. The fourth-order valence-electron chi connectivity index (χ4n) is 2.13. The summed E-state index contributed by atoms with van der Waals surface area (Å²) in [6.45, 7) is 7.78. The van der Waals surface area contributed by atoms with Gasteiger partial charge in [-0.05, 0) is 42.7 Å². The maximum absolute atomic E-state index is 12.4. The van der Waals surface area contributed by atoms with Crippen molar-refractivity contribution in [1.29, 1.82) is 0 Å². The van der Waals surface area contributed by atoms with Crippen molar-refractivity contribution in [2.75, 3.05) is 4.72 Å². The second kappa shape index (κ2) is 5.65. The van der Waals surface area contributed by atoms with Gasteiger partial charge in [0.05, 0.1) is 4.90 Å². The minimum absolute atomic E-state index is 0.158. The molecule has 5 heteroatoms. The van der Waals surface area contributed by atoms with Crippen molar-refractivity contribution in [2.24, 2.45) is 0 Å². The van der Waals surface area contributed by atoms with Crippen LogP contribution >= 0.6 is 0 Å². The third-order valence-electron chi connectivity index (χ3n) is 3.39. The number of hydrogen-bond donors (Lipinski definition) is 2. The third-order valence-corrected chi connectivity index (χ3v) is 4.79. The van der Waals surface area contributed by atoms with E-state index in [2.05, 4.69) is 4.72 Å². The summed E-state index contributed by atoms with van der Waals surface area (Å²) in [5.41, 5.74) is 1.84. The fourth-order valence-corrected chi connectivity index (χ4v) is 3.18. The lowest BCUT2D eigenvalue weighted by Gasteiger charge is -2.21. The topological polar surface area (TPSA) is 66.4 Å². The van der Waals surface area contributed by atoms with E-state index < -0.39 is 10.0 Å². The monoisotopic (exact) mass is 319 g/mol. The zero-order chi connectivity index (χ0) is 16.5. The Balaban J connectivity index is 2.36. The molecule has 0 heterocycles. The molecule has 0 aliphatic carbocycles. The summed E-state index contributed by atoms with van der Waals surface area (Å²) in [7, 11) is -3.64. The van der Waals surface area contributed by atoms with Crippen molar-refractivity contribution in [3.63, 3.8) is 0 Å². The van der Waals surface area contributed by atoms with Crippen LogP contribution in [0.15, 0.2) is 47.4 Å². The zero-order valence-electron chi connectivity index (χ0n) is 13.2. The molecule has 0 fully saturated rings. The first-order chi connectivity index (χ1) is 10.1. The van der Waals surface area contributed by atoms with Crippen molar-refractivity contribution in [3.8, 4) is 5.75 Å². The van der Waals surface area contributed by atoms with Crippen LogP contribution in [-0.2, 0) is 15.4 Å². The highest BCUT2D eigenvalue weighted by Gasteiger charge is 2.20. The van der Waals surface area contributed by atoms with Crippen LogP contribution in [0.5, 0.6) is 5.75 Å². The molecule has 0 spiro atoms. The van der Waals surface area contributed by atoms with E-state index in [0.29, 0.717) is 11.3 Å². The molecule has 22 heavy (non-hydrogen) atoms. The minimum Gasteiger partial charge on any atom is -0.508 e. The first kappa shape index (κ1) is 16.4. The highest BCUT2D eigenvalue weighted by atomic mass is 32.2. The van der Waals surface area contributed by atoms with Crippen LogP contribution in [0.1, 0.15) is 31.9 Å². The molecule has 118 valence electrons. The van der Waals surface area contributed by atoms with E-state index in [-0.39, 0.29) is 16.1 Å². The van der Waals surface area contributed by atoms with Gasteiger partial charge < -0.3 is 5.11 Å². The molecule has 0 amide bonds. The average molecular weight is 319 g/mol. The van der Waals surface area contributed by atoms with Gasteiger partial charge in [0.15, 0.2) is 0 Å². The molecule has 0 atom stereocenters. The molecule has 0 bridgehead atoms. The van der Waals surface area contributed by atoms with E-state index in [4.69, 9.17) is 0 Å². The Labute approximate surface area is 131 Å². The number of rotatable bonds is 3. The van der Waals surface area contributed by atoms with Crippen LogP contribution in [-0.4, -0.2) is 13.5 Å². The second-order valence-corrected chi connectivity index (χ2v) is 8.08. The number of anilines is 1. The Hall–Kier alpha value is -2.01. The first-order valence-corrected chi connectivity index (χ1v) is 8.51. The summed E-state index contributed by atoms with van der Waals surface area (Å²) in [4.78, 5) is 0.212. The van der Waals surface area contributed by atoms with Crippen LogP contribution in [0, 0.1) is 6.92 Å². The lowest BCUT2D eigenvalue weighted by atomic mass is 9.86. The largest absolute Gasteiger partial charge is 0.508 e. The molecule has 0 aromatic heterocycles. The summed E-state index contributed by atoms with van der Waals surface area (Å²) in [6, 6.07) is 11.4.